The van der Waals surface area contributed by atoms with Crippen LogP contribution in [0.15, 0.2) is 24.3 Å². The van der Waals surface area contributed by atoms with E-state index in [1.54, 1.807) is 0 Å². The van der Waals surface area contributed by atoms with Crippen LogP contribution in [0.3, 0.4) is 0 Å². The molecule has 1 aromatic heterocycles. The molecule has 1 N–H and O–H groups in total. The first-order valence-electron chi connectivity index (χ1n) is 7.34. The Labute approximate surface area is 121 Å². The van der Waals surface area contributed by atoms with Gasteiger partial charge >= 0.3 is 0 Å². The number of nitrogens with zero attached hydrogens (tertiary/aromatic N) is 2. The molecule has 106 valence electrons. The Morgan fingerprint density at radius 2 is 1.90 bits per heavy atom. The largest absolute Gasteiger partial charge is 0.370 e. The van der Waals surface area contributed by atoms with Crippen molar-refractivity contribution in [2.75, 3.05) is 11.9 Å². The van der Waals surface area contributed by atoms with Crippen molar-refractivity contribution >= 4 is 5.82 Å². The van der Waals surface area contributed by atoms with E-state index >= 15 is 0 Å². The van der Waals surface area contributed by atoms with E-state index in [1.807, 2.05) is 6.92 Å². The monoisotopic (exact) mass is 269 g/mol. The molecular formula is C17H23N3. The van der Waals surface area contributed by atoms with Crippen molar-refractivity contribution in [1.29, 1.82) is 0 Å². The van der Waals surface area contributed by atoms with Gasteiger partial charge in [-0.2, -0.15) is 0 Å². The van der Waals surface area contributed by atoms with Gasteiger partial charge in [-0.25, -0.2) is 9.97 Å². The van der Waals surface area contributed by atoms with Crippen LogP contribution in [-0.4, -0.2) is 16.5 Å². The molecular weight excluding hydrogens is 246 g/mol. The summed E-state index contributed by atoms with van der Waals surface area (Å²) in [6.07, 6.45) is 2.13. The average Bonchev–Trinajstić information content (AvgIpc) is 2.47. The summed E-state index contributed by atoms with van der Waals surface area (Å²) in [5.74, 6) is 1.77. The molecule has 0 amide bonds. The minimum atomic E-state index is 0.811. The van der Waals surface area contributed by atoms with Crippen LogP contribution in [-0.2, 0) is 6.42 Å². The number of anilines is 1. The molecule has 0 aliphatic rings. The van der Waals surface area contributed by atoms with Gasteiger partial charge in [0, 0.05) is 17.7 Å². The van der Waals surface area contributed by atoms with Gasteiger partial charge in [-0.3, -0.25) is 0 Å². The molecule has 0 saturated carbocycles. The first-order chi connectivity index (χ1) is 9.65. The van der Waals surface area contributed by atoms with Crippen molar-refractivity contribution in [1.82, 2.24) is 9.97 Å². The molecule has 1 heterocycles. The average molecular weight is 269 g/mol. The van der Waals surface area contributed by atoms with Gasteiger partial charge in [0.05, 0.1) is 5.69 Å². The Morgan fingerprint density at radius 1 is 1.10 bits per heavy atom. The van der Waals surface area contributed by atoms with Crippen LogP contribution in [0.5, 0.6) is 0 Å². The van der Waals surface area contributed by atoms with Crippen LogP contribution >= 0.6 is 0 Å². The molecule has 0 spiro atoms. The maximum atomic E-state index is 4.64. The maximum absolute atomic E-state index is 4.64. The molecule has 0 fully saturated rings. The van der Waals surface area contributed by atoms with E-state index in [0.717, 1.165) is 42.3 Å². The highest BCUT2D eigenvalue weighted by atomic mass is 15.0. The van der Waals surface area contributed by atoms with Crippen LogP contribution in [0.2, 0.25) is 0 Å². The van der Waals surface area contributed by atoms with E-state index < -0.39 is 0 Å². The van der Waals surface area contributed by atoms with Crippen molar-refractivity contribution in [2.24, 2.45) is 0 Å². The predicted octanol–water partition coefficient (Wildman–Crippen LogP) is 4.14. The summed E-state index contributed by atoms with van der Waals surface area (Å²) in [6, 6.07) is 8.60. The standard InChI is InChI=1S/C17H23N3/c1-5-10-18-17-12(3)16(19-13(4)20-17)15-9-7-8-14(6-2)11-15/h7-9,11H,5-6,10H2,1-4H3,(H,18,19,20). The molecule has 0 aliphatic heterocycles. The number of nitrogens with one attached hydrogen (secondary N) is 1. The molecule has 0 saturated heterocycles. The van der Waals surface area contributed by atoms with Crippen molar-refractivity contribution in [2.45, 2.75) is 40.5 Å². The Kier molecular flexibility index (Phi) is 4.72. The smallest absolute Gasteiger partial charge is 0.133 e. The summed E-state index contributed by atoms with van der Waals surface area (Å²) in [5.41, 5.74) is 4.66. The lowest BCUT2D eigenvalue weighted by Gasteiger charge is -2.13. The van der Waals surface area contributed by atoms with Crippen molar-refractivity contribution in [3.05, 3.63) is 41.2 Å². The lowest BCUT2D eigenvalue weighted by atomic mass is 10.0. The fourth-order valence-electron chi connectivity index (χ4n) is 2.26. The third-order valence-corrected chi connectivity index (χ3v) is 3.41. The van der Waals surface area contributed by atoms with Crippen LogP contribution < -0.4 is 5.32 Å². The molecule has 0 unspecified atom stereocenters. The Balaban J connectivity index is 2.47. The number of benzene rings is 1. The van der Waals surface area contributed by atoms with Crippen LogP contribution in [0, 0.1) is 13.8 Å². The van der Waals surface area contributed by atoms with E-state index in [-0.39, 0.29) is 0 Å². The van der Waals surface area contributed by atoms with E-state index in [2.05, 4.69) is 60.3 Å². The first-order valence-corrected chi connectivity index (χ1v) is 7.34. The predicted molar refractivity (Wildman–Crippen MR) is 85.1 cm³/mol. The van der Waals surface area contributed by atoms with Crippen LogP contribution in [0.25, 0.3) is 11.3 Å². The van der Waals surface area contributed by atoms with Gasteiger partial charge in [0.1, 0.15) is 11.6 Å². The summed E-state index contributed by atoms with van der Waals surface area (Å²) >= 11 is 0. The summed E-state index contributed by atoms with van der Waals surface area (Å²) in [4.78, 5) is 9.15. The van der Waals surface area contributed by atoms with Gasteiger partial charge in [0.15, 0.2) is 0 Å². The van der Waals surface area contributed by atoms with Gasteiger partial charge in [-0.15, -0.1) is 0 Å². The molecule has 1 aromatic carbocycles. The van der Waals surface area contributed by atoms with Crippen LogP contribution in [0.4, 0.5) is 5.82 Å². The second-order valence-corrected chi connectivity index (χ2v) is 5.07. The number of aromatic nitrogens is 2. The fraction of sp³-hybridized carbons (Fsp3) is 0.412. The molecule has 20 heavy (non-hydrogen) atoms. The van der Waals surface area contributed by atoms with E-state index in [9.17, 15) is 0 Å². The van der Waals surface area contributed by atoms with Gasteiger partial charge in [0.2, 0.25) is 0 Å². The number of aryl methyl sites for hydroxylation is 2. The minimum absolute atomic E-state index is 0.811. The minimum Gasteiger partial charge on any atom is -0.370 e. The van der Waals surface area contributed by atoms with E-state index in [0.29, 0.717) is 0 Å². The zero-order valence-electron chi connectivity index (χ0n) is 12.8. The lowest BCUT2D eigenvalue weighted by molar-refractivity contribution is 0.948. The Hall–Kier alpha value is -1.90. The van der Waals surface area contributed by atoms with Crippen molar-refractivity contribution in [3.8, 4) is 11.3 Å². The van der Waals surface area contributed by atoms with Gasteiger partial charge < -0.3 is 5.32 Å². The zero-order chi connectivity index (χ0) is 14.5. The third-order valence-electron chi connectivity index (χ3n) is 3.41. The summed E-state index contributed by atoms with van der Waals surface area (Å²) in [6.45, 7) is 9.30. The van der Waals surface area contributed by atoms with Crippen molar-refractivity contribution < 1.29 is 0 Å². The Morgan fingerprint density at radius 3 is 2.60 bits per heavy atom. The Bertz CT molecular complexity index is 591. The normalized spacial score (nSPS) is 10.6. The fourth-order valence-corrected chi connectivity index (χ4v) is 2.26. The van der Waals surface area contributed by atoms with Gasteiger partial charge in [-0.05, 0) is 38.3 Å². The molecule has 3 heteroatoms. The second kappa shape index (κ2) is 6.51. The molecule has 0 bridgehead atoms. The molecule has 3 nitrogen and oxygen atoms in total. The summed E-state index contributed by atoms with van der Waals surface area (Å²) in [7, 11) is 0. The molecule has 0 atom stereocenters. The van der Waals surface area contributed by atoms with Gasteiger partial charge in [0.25, 0.3) is 0 Å². The second-order valence-electron chi connectivity index (χ2n) is 5.07. The van der Waals surface area contributed by atoms with Gasteiger partial charge in [-0.1, -0.05) is 32.0 Å². The molecule has 2 rings (SSSR count). The molecule has 0 radical (unpaired) electrons. The molecule has 2 aromatic rings. The number of rotatable bonds is 5. The third kappa shape index (κ3) is 3.16. The quantitative estimate of drug-likeness (QED) is 0.886. The zero-order valence-corrected chi connectivity index (χ0v) is 12.8. The lowest BCUT2D eigenvalue weighted by Crippen LogP contribution is -2.07. The molecule has 0 aliphatic carbocycles. The topological polar surface area (TPSA) is 37.8 Å². The SMILES string of the molecule is CCCNc1nc(C)nc(-c2cccc(CC)c2)c1C. The van der Waals surface area contributed by atoms with Crippen LogP contribution in [0.1, 0.15) is 37.2 Å². The van der Waals surface area contributed by atoms with E-state index in [4.69, 9.17) is 0 Å². The maximum Gasteiger partial charge on any atom is 0.133 e. The number of hydrogen-bond acceptors (Lipinski definition) is 3. The highest BCUT2D eigenvalue weighted by Gasteiger charge is 2.11. The summed E-state index contributed by atoms with van der Waals surface area (Å²) in [5, 5.41) is 3.39. The summed E-state index contributed by atoms with van der Waals surface area (Å²) < 4.78 is 0. The highest BCUT2D eigenvalue weighted by molar-refractivity contribution is 5.68. The van der Waals surface area contributed by atoms with Crippen molar-refractivity contribution in [3.63, 3.8) is 0 Å². The highest BCUT2D eigenvalue weighted by Crippen LogP contribution is 2.26. The first kappa shape index (κ1) is 14.5. The number of hydrogen-bond donors (Lipinski definition) is 1. The van der Waals surface area contributed by atoms with E-state index in [1.165, 1.54) is 11.1 Å².